The van der Waals surface area contributed by atoms with Crippen molar-refractivity contribution in [3.8, 4) is 34.3 Å². The second kappa shape index (κ2) is 7.95. The van der Waals surface area contributed by atoms with Crippen LogP contribution in [0.3, 0.4) is 0 Å². The Morgan fingerprint density at radius 2 is 1.68 bits per heavy atom. The molecule has 25 heavy (non-hydrogen) atoms. The molecule has 0 saturated heterocycles. The van der Waals surface area contributed by atoms with E-state index in [0.29, 0.717) is 23.1 Å². The molecule has 2 aromatic heterocycles. The molecule has 0 N–H and O–H groups in total. The highest BCUT2D eigenvalue weighted by molar-refractivity contribution is 7.15. The molecular weight excluding hydrogens is 335 g/mol. The summed E-state index contributed by atoms with van der Waals surface area (Å²) >= 11 is 0. The van der Waals surface area contributed by atoms with Crippen LogP contribution in [0, 0.1) is 0 Å². The van der Waals surface area contributed by atoms with Crippen LogP contribution in [0.1, 0.15) is 5.69 Å². The smallest absolute Gasteiger partial charge is 0.227 e. The van der Waals surface area contributed by atoms with Gasteiger partial charge in [-0.15, -0.1) is 9.24 Å². The topological polar surface area (TPSA) is 53.5 Å². The Hall–Kier alpha value is -2.65. The van der Waals surface area contributed by atoms with Gasteiger partial charge in [0, 0.05) is 18.1 Å². The van der Waals surface area contributed by atoms with Crippen molar-refractivity contribution in [3.05, 3.63) is 60.6 Å². The van der Waals surface area contributed by atoms with Gasteiger partial charge in [-0.25, -0.2) is 4.98 Å². The maximum atomic E-state index is 5.97. The van der Waals surface area contributed by atoms with Crippen molar-refractivity contribution in [1.82, 2.24) is 9.97 Å². The zero-order valence-corrected chi connectivity index (χ0v) is 15.3. The van der Waals surface area contributed by atoms with Gasteiger partial charge in [0.1, 0.15) is 17.2 Å². The Bertz CT molecular complexity index is 831. The first-order valence-corrected chi connectivity index (χ1v) is 8.57. The van der Waals surface area contributed by atoms with Crippen molar-refractivity contribution in [2.24, 2.45) is 0 Å². The van der Waals surface area contributed by atoms with E-state index in [0.717, 1.165) is 23.0 Å². The lowest BCUT2D eigenvalue weighted by Crippen LogP contribution is -1.97. The van der Waals surface area contributed by atoms with E-state index in [1.807, 2.05) is 42.5 Å². The average Bonchev–Trinajstić information content (AvgIpc) is 2.68. The van der Waals surface area contributed by atoms with Crippen molar-refractivity contribution in [2.45, 2.75) is 6.16 Å². The normalized spacial score (nSPS) is 10.4. The predicted molar refractivity (Wildman–Crippen MR) is 101 cm³/mol. The quantitative estimate of drug-likeness (QED) is 0.617. The molecule has 0 spiro atoms. The number of ether oxygens (including phenoxy) is 3. The predicted octanol–water partition coefficient (Wildman–Crippen LogP) is 4.33. The molecule has 0 radical (unpaired) electrons. The molecule has 1 aromatic carbocycles. The lowest BCUT2D eigenvalue weighted by atomic mass is 10.0. The number of pyridine rings is 2. The Labute approximate surface area is 149 Å². The molecule has 3 aromatic rings. The third-order valence-corrected chi connectivity index (χ3v) is 4.11. The van der Waals surface area contributed by atoms with Crippen LogP contribution in [0.4, 0.5) is 0 Å². The minimum Gasteiger partial charge on any atom is -0.496 e. The van der Waals surface area contributed by atoms with Gasteiger partial charge < -0.3 is 14.2 Å². The van der Waals surface area contributed by atoms with Crippen molar-refractivity contribution in [3.63, 3.8) is 0 Å². The van der Waals surface area contributed by atoms with Gasteiger partial charge >= 0.3 is 0 Å². The number of methoxy groups -OCH3 is 2. The maximum Gasteiger partial charge on any atom is 0.227 e. The lowest BCUT2D eigenvalue weighted by molar-refractivity contribution is 0.396. The second-order valence-corrected chi connectivity index (χ2v) is 5.59. The molecule has 128 valence electrons. The maximum absolute atomic E-state index is 5.97. The summed E-state index contributed by atoms with van der Waals surface area (Å²) in [4.78, 5) is 8.72. The largest absolute Gasteiger partial charge is 0.496 e. The number of hydrogen-bond donors (Lipinski definition) is 0. The molecule has 0 aliphatic carbocycles. The Morgan fingerprint density at radius 3 is 2.28 bits per heavy atom. The molecule has 1 atom stereocenters. The molecule has 0 amide bonds. The van der Waals surface area contributed by atoms with Crippen molar-refractivity contribution in [1.29, 1.82) is 0 Å². The molecule has 1 unspecified atom stereocenters. The second-order valence-electron chi connectivity index (χ2n) is 5.19. The van der Waals surface area contributed by atoms with Gasteiger partial charge in [0.15, 0.2) is 0 Å². The summed E-state index contributed by atoms with van der Waals surface area (Å²) in [5.41, 5.74) is 2.56. The Kier molecular flexibility index (Phi) is 5.46. The van der Waals surface area contributed by atoms with Crippen molar-refractivity contribution in [2.75, 3.05) is 14.2 Å². The van der Waals surface area contributed by atoms with Crippen molar-refractivity contribution < 1.29 is 14.2 Å². The molecule has 6 heteroatoms. The molecule has 0 aliphatic heterocycles. The third-order valence-electron chi connectivity index (χ3n) is 3.69. The zero-order chi connectivity index (χ0) is 17.6. The highest BCUT2D eigenvalue weighted by Crippen LogP contribution is 2.42. The fourth-order valence-corrected chi connectivity index (χ4v) is 2.72. The van der Waals surface area contributed by atoms with E-state index < -0.39 is 0 Å². The van der Waals surface area contributed by atoms with Gasteiger partial charge in [0.2, 0.25) is 5.88 Å². The number of nitrogens with zero attached hydrogens (tertiary/aromatic N) is 2. The number of benzene rings is 1. The Morgan fingerprint density at radius 1 is 0.920 bits per heavy atom. The molecular formula is C19H19N2O3P. The minimum absolute atomic E-state index is 0.464. The Balaban J connectivity index is 2.04. The summed E-state index contributed by atoms with van der Waals surface area (Å²) < 4.78 is 17.0. The zero-order valence-electron chi connectivity index (χ0n) is 14.1. The van der Waals surface area contributed by atoms with Crippen LogP contribution < -0.4 is 14.2 Å². The van der Waals surface area contributed by atoms with E-state index in [4.69, 9.17) is 14.2 Å². The van der Waals surface area contributed by atoms with Crippen LogP contribution >= 0.6 is 9.24 Å². The SMILES string of the molecule is COc1cccc(OC)c1-c1cccnc1Oc1ccc(CP)nc1. The van der Waals surface area contributed by atoms with E-state index in [1.54, 1.807) is 26.6 Å². The van der Waals surface area contributed by atoms with Gasteiger partial charge in [-0.2, -0.15) is 0 Å². The van der Waals surface area contributed by atoms with Crippen LogP contribution in [-0.4, -0.2) is 24.2 Å². The van der Waals surface area contributed by atoms with Crippen LogP contribution in [0.5, 0.6) is 23.1 Å². The molecule has 0 bridgehead atoms. The standard InChI is InChI=1S/C19H19N2O3P/c1-22-16-6-3-7-17(23-2)18(16)15-5-4-10-20-19(15)24-14-9-8-13(12-25)21-11-14/h3-11H,12,25H2,1-2H3. The van der Waals surface area contributed by atoms with Gasteiger partial charge in [0.05, 0.1) is 31.5 Å². The molecule has 0 saturated carbocycles. The van der Waals surface area contributed by atoms with Gasteiger partial charge in [0.25, 0.3) is 0 Å². The fourth-order valence-electron chi connectivity index (χ4n) is 2.48. The molecule has 5 nitrogen and oxygen atoms in total. The molecule has 0 fully saturated rings. The van der Waals surface area contributed by atoms with Gasteiger partial charge in [-0.05, 0) is 36.4 Å². The summed E-state index contributed by atoms with van der Waals surface area (Å²) in [5, 5.41) is 0. The summed E-state index contributed by atoms with van der Waals surface area (Å²) in [7, 11) is 5.90. The summed E-state index contributed by atoms with van der Waals surface area (Å²) in [6.45, 7) is 0. The molecule has 0 aliphatic rings. The average molecular weight is 354 g/mol. The van der Waals surface area contributed by atoms with E-state index in [2.05, 4.69) is 19.2 Å². The minimum atomic E-state index is 0.464. The van der Waals surface area contributed by atoms with Crippen molar-refractivity contribution >= 4 is 9.24 Å². The third kappa shape index (κ3) is 3.72. The van der Waals surface area contributed by atoms with E-state index >= 15 is 0 Å². The first-order chi connectivity index (χ1) is 12.3. The van der Waals surface area contributed by atoms with Gasteiger partial charge in [-0.3, -0.25) is 4.98 Å². The van der Waals surface area contributed by atoms with Crippen LogP contribution in [0.15, 0.2) is 54.9 Å². The monoisotopic (exact) mass is 354 g/mol. The highest BCUT2D eigenvalue weighted by Gasteiger charge is 2.18. The number of aromatic nitrogens is 2. The van der Waals surface area contributed by atoms with Crippen LogP contribution in [-0.2, 0) is 6.16 Å². The first-order valence-electron chi connectivity index (χ1n) is 7.76. The fraction of sp³-hybridized carbons (Fsp3) is 0.158. The number of rotatable bonds is 6. The lowest BCUT2D eigenvalue weighted by Gasteiger charge is -2.15. The van der Waals surface area contributed by atoms with Crippen LogP contribution in [0.2, 0.25) is 0 Å². The first kappa shape index (κ1) is 17.2. The van der Waals surface area contributed by atoms with Gasteiger partial charge in [-0.1, -0.05) is 6.07 Å². The van der Waals surface area contributed by atoms with E-state index in [-0.39, 0.29) is 0 Å². The summed E-state index contributed by atoms with van der Waals surface area (Å²) in [6, 6.07) is 13.2. The summed E-state index contributed by atoms with van der Waals surface area (Å²) in [5.74, 6) is 2.46. The van der Waals surface area contributed by atoms with Crippen LogP contribution in [0.25, 0.3) is 11.1 Å². The molecule has 2 heterocycles. The van der Waals surface area contributed by atoms with E-state index in [1.165, 1.54) is 0 Å². The number of hydrogen-bond acceptors (Lipinski definition) is 5. The highest BCUT2D eigenvalue weighted by atomic mass is 31.0. The summed E-state index contributed by atoms with van der Waals surface area (Å²) in [6.07, 6.45) is 4.18. The molecule has 3 rings (SSSR count). The van der Waals surface area contributed by atoms with E-state index in [9.17, 15) is 0 Å².